The molecule has 1 aliphatic rings. The predicted octanol–water partition coefficient (Wildman–Crippen LogP) is 7.27. The van der Waals surface area contributed by atoms with Crippen LogP contribution in [-0.2, 0) is 76.7 Å². The number of para-hydroxylation sites is 1. The number of H-pyrrole nitrogens is 2. The minimum absolute atomic E-state index is 0.0199. The SMILES string of the molecule is CCCCCCCCCCCCCCCC(=O)NCCCNC(=O)C1NN(CC(=O)N[C@@H](CCCC)C(=O)N[C@@H](C)C(=O)N[C@@H](Cc2cnc[nH]2)C(=O)N[C@H](Cc2ccccc2)C(=O)N[C@@H](CCCN=C(N)N)C(=O)N[C@@H](Cc2c[nH]c3ccccc23)C(N)=O)C(C(=O)NCCCNC(=O)CCCCCCCCCCCCCCC)O1. The number of aromatic nitrogens is 3. The molecule has 2 aromatic carbocycles. The molecule has 0 saturated carbocycles. The van der Waals surface area contributed by atoms with E-state index in [1.165, 1.54) is 141 Å². The summed E-state index contributed by atoms with van der Waals surface area (Å²) in [5.74, 6) is -7.21. The third kappa shape index (κ3) is 40.4. The second-order valence-electron chi connectivity index (χ2n) is 30.7. The number of fused-ring (bicyclic) bond motifs is 1. The van der Waals surface area contributed by atoms with Gasteiger partial charge in [-0.25, -0.2) is 10.4 Å². The second-order valence-corrected chi connectivity index (χ2v) is 30.7. The molecule has 2 unspecified atom stereocenters. The molecule has 646 valence electrons. The van der Waals surface area contributed by atoms with Crippen molar-refractivity contribution < 1.29 is 57.5 Å². The summed E-state index contributed by atoms with van der Waals surface area (Å²) in [6.45, 7) is 8.12. The van der Waals surface area contributed by atoms with Gasteiger partial charge in [-0.3, -0.25) is 57.7 Å². The highest BCUT2D eigenvalue weighted by Crippen LogP contribution is 2.21. The third-order valence-corrected chi connectivity index (χ3v) is 20.7. The van der Waals surface area contributed by atoms with Crippen LogP contribution < -0.4 is 75.8 Å². The van der Waals surface area contributed by atoms with Crippen LogP contribution in [0.3, 0.4) is 0 Å². The van der Waals surface area contributed by atoms with Crippen LogP contribution in [0.25, 0.3) is 10.9 Å². The first-order chi connectivity index (χ1) is 56.2. The largest absolute Gasteiger partial charge is 0.370 e. The van der Waals surface area contributed by atoms with Crippen molar-refractivity contribution in [1.82, 2.24) is 78.6 Å². The summed E-state index contributed by atoms with van der Waals surface area (Å²) in [6.07, 6.45) is 35.6. The number of nitrogens with two attached hydrogens (primary N) is 3. The first-order valence-corrected chi connectivity index (χ1v) is 43.2. The topological polar surface area (TPSA) is 467 Å². The van der Waals surface area contributed by atoms with E-state index in [1.807, 2.05) is 31.2 Å². The fourth-order valence-electron chi connectivity index (χ4n) is 13.9. The number of benzene rings is 2. The number of ether oxygens (including phenoxy) is 1. The van der Waals surface area contributed by atoms with Gasteiger partial charge < -0.3 is 85.1 Å². The fourth-order valence-corrected chi connectivity index (χ4v) is 13.9. The molecule has 3 heterocycles. The maximum absolute atomic E-state index is 14.8. The van der Waals surface area contributed by atoms with Crippen molar-refractivity contribution in [2.45, 2.75) is 320 Å². The van der Waals surface area contributed by atoms with Gasteiger partial charge in [-0.2, -0.15) is 5.01 Å². The van der Waals surface area contributed by atoms with Crippen molar-refractivity contribution in [2.24, 2.45) is 22.2 Å². The highest BCUT2D eigenvalue weighted by molar-refractivity contribution is 5.98. The number of amides is 11. The molecular weight excluding hydrogens is 1480 g/mol. The second kappa shape index (κ2) is 58.4. The van der Waals surface area contributed by atoms with Crippen LogP contribution in [0.15, 0.2) is 78.3 Å². The average Bonchev–Trinajstić information content (AvgIpc) is 1.67. The molecule has 11 amide bonds. The zero-order chi connectivity index (χ0) is 83.9. The summed E-state index contributed by atoms with van der Waals surface area (Å²) in [5, 5.41) is 29.8. The number of nitrogens with one attached hydrogen (secondary N) is 13. The number of hydrazine groups is 1. The van der Waals surface area contributed by atoms with Crippen LogP contribution >= 0.6 is 0 Å². The number of hydrogen-bond donors (Lipinski definition) is 16. The lowest BCUT2D eigenvalue weighted by Crippen LogP contribution is -2.60. The van der Waals surface area contributed by atoms with Crippen molar-refractivity contribution in [2.75, 3.05) is 39.3 Å². The molecule has 5 rings (SSSR count). The molecular formula is C85H139N19O12. The Morgan fingerprint density at radius 2 is 0.931 bits per heavy atom. The summed E-state index contributed by atoms with van der Waals surface area (Å²) in [5.41, 5.74) is 22.5. The van der Waals surface area contributed by atoms with E-state index in [2.05, 4.69) is 92.4 Å². The number of aromatic amines is 2. The van der Waals surface area contributed by atoms with Crippen LogP contribution in [0, 0.1) is 0 Å². The number of aliphatic imine (C=N–C) groups is 1. The van der Waals surface area contributed by atoms with Gasteiger partial charge in [0.15, 0.2) is 5.96 Å². The molecule has 4 aromatic rings. The maximum atomic E-state index is 14.8. The van der Waals surface area contributed by atoms with Crippen molar-refractivity contribution in [1.29, 1.82) is 0 Å². The lowest BCUT2D eigenvalue weighted by Gasteiger charge is -2.27. The van der Waals surface area contributed by atoms with E-state index in [1.54, 1.807) is 36.5 Å². The van der Waals surface area contributed by atoms with Crippen molar-refractivity contribution in [3.8, 4) is 0 Å². The Labute approximate surface area is 686 Å². The van der Waals surface area contributed by atoms with E-state index in [0.29, 0.717) is 68.4 Å². The van der Waals surface area contributed by atoms with E-state index in [0.717, 1.165) is 60.9 Å². The smallest absolute Gasteiger partial charge is 0.265 e. The molecule has 116 heavy (non-hydrogen) atoms. The minimum Gasteiger partial charge on any atom is -0.370 e. The Bertz CT molecular complexity index is 3560. The number of carbonyl (C=O) groups excluding carboxylic acids is 11. The monoisotopic (exact) mass is 1620 g/mol. The van der Waals surface area contributed by atoms with Gasteiger partial charge >= 0.3 is 0 Å². The Morgan fingerprint density at radius 1 is 0.466 bits per heavy atom. The molecule has 0 aliphatic carbocycles. The standard InChI is InChI=1S/C85H139N19O12/c1-5-8-11-13-15-17-19-21-23-25-27-29-34-47-72(105)90-50-39-52-92-81(114)83-103-104(84(116-83)82(115)93-53-40-51-91-73(106)48-35-30-28-26-24-22-20-18-16-14-12-9-6-2)59-74(107)98-67(44-10-7-3)77(110)97-61(4)76(109)101-71(56-64-58-89-60-96-64)80(113)102-70(54-62-41-32-31-33-42-62)79(112)99-68(46-38-49-94-85(87)88)78(111)100-69(75(86)108)55-63-57-95-66-45-37-36-43-65(63)66/h31-33,36-37,41-43,45,57-58,60-61,67-71,83-84,95,103H,5-30,34-35,38-40,44,46-56,59H2,1-4H3,(H2,86,108)(H,89,96)(H,90,105)(H,91,106)(H,92,114)(H,93,115)(H,97,110)(H,98,107)(H,99,112)(H,100,111)(H,101,109)(H,102,113)(H4,87,88,94)/t61-,67-,68-,69-,70+,71-,83?,84?/m0/s1. The van der Waals surface area contributed by atoms with E-state index in [4.69, 9.17) is 21.9 Å². The van der Waals surface area contributed by atoms with Crippen LogP contribution in [0.1, 0.15) is 269 Å². The zero-order valence-corrected chi connectivity index (χ0v) is 69.6. The van der Waals surface area contributed by atoms with Crippen LogP contribution in [-0.4, -0.2) is 179 Å². The fraction of sp³-hybridized carbons (Fsp3) is 0.659. The quantitative estimate of drug-likeness (QED) is 0.0117. The molecule has 1 aliphatic heterocycles. The highest BCUT2D eigenvalue weighted by atomic mass is 16.6. The molecule has 0 bridgehead atoms. The Kier molecular flexibility index (Phi) is 48.9. The van der Waals surface area contributed by atoms with Crippen LogP contribution in [0.4, 0.5) is 0 Å². The summed E-state index contributed by atoms with van der Waals surface area (Å²) in [6, 6.07) is 8.25. The molecule has 1 fully saturated rings. The first-order valence-electron chi connectivity index (χ1n) is 43.2. The van der Waals surface area contributed by atoms with Crippen molar-refractivity contribution >= 4 is 81.8 Å². The molecule has 1 saturated heterocycles. The summed E-state index contributed by atoms with van der Waals surface area (Å²) < 4.78 is 5.99. The molecule has 19 N–H and O–H groups in total. The van der Waals surface area contributed by atoms with Gasteiger partial charge in [0, 0.05) is 93.8 Å². The van der Waals surface area contributed by atoms with E-state index in [9.17, 15) is 52.7 Å². The van der Waals surface area contributed by atoms with Gasteiger partial charge in [0.2, 0.25) is 65.6 Å². The van der Waals surface area contributed by atoms with Crippen LogP contribution in [0.2, 0.25) is 0 Å². The molecule has 0 spiro atoms. The summed E-state index contributed by atoms with van der Waals surface area (Å²) in [4.78, 5) is 167. The zero-order valence-electron chi connectivity index (χ0n) is 69.6. The maximum Gasteiger partial charge on any atom is 0.265 e. The number of nitrogens with zero attached hydrogens (tertiary/aromatic N) is 3. The van der Waals surface area contributed by atoms with Crippen LogP contribution in [0.5, 0.6) is 0 Å². The Morgan fingerprint density at radius 3 is 1.47 bits per heavy atom. The third-order valence-electron chi connectivity index (χ3n) is 20.7. The van der Waals surface area contributed by atoms with Crippen molar-refractivity contribution in [3.05, 3.63) is 90.1 Å². The van der Waals surface area contributed by atoms with E-state index in [-0.39, 0.29) is 75.9 Å². The number of carbonyl (C=O) groups is 11. The lowest BCUT2D eigenvalue weighted by atomic mass is 10.0. The van der Waals surface area contributed by atoms with Gasteiger partial charge in [-0.1, -0.05) is 236 Å². The number of rotatable bonds is 65. The van der Waals surface area contributed by atoms with E-state index < -0.39 is 108 Å². The van der Waals surface area contributed by atoms with Crippen molar-refractivity contribution in [3.63, 3.8) is 0 Å². The minimum atomic E-state index is -1.52. The lowest BCUT2D eigenvalue weighted by molar-refractivity contribution is -0.144. The van der Waals surface area contributed by atoms with Gasteiger partial charge in [-0.05, 0) is 69.1 Å². The Hall–Kier alpha value is -9.49. The molecule has 8 atom stereocenters. The molecule has 2 aromatic heterocycles. The number of imidazole rings is 1. The predicted molar refractivity (Wildman–Crippen MR) is 451 cm³/mol. The molecule has 31 heteroatoms. The van der Waals surface area contributed by atoms with E-state index >= 15 is 0 Å². The number of unbranched alkanes of at least 4 members (excludes halogenated alkanes) is 25. The summed E-state index contributed by atoms with van der Waals surface area (Å²) in [7, 11) is 0. The Balaban J connectivity index is 1.20. The normalized spacial score (nSPS) is 14.9. The van der Waals surface area contributed by atoms with Gasteiger partial charge in [-0.15, -0.1) is 0 Å². The number of guanidine groups is 1. The average molecular weight is 1620 g/mol. The summed E-state index contributed by atoms with van der Waals surface area (Å²) >= 11 is 0. The number of hydrogen-bond acceptors (Lipinski definition) is 16. The van der Waals surface area contributed by atoms with Gasteiger partial charge in [0.25, 0.3) is 11.8 Å². The van der Waals surface area contributed by atoms with Gasteiger partial charge in [0.1, 0.15) is 36.3 Å². The molecule has 31 nitrogen and oxygen atoms in total. The first kappa shape index (κ1) is 97.1. The van der Waals surface area contributed by atoms with Gasteiger partial charge in [0.05, 0.1) is 12.9 Å². The highest BCUT2D eigenvalue weighted by Gasteiger charge is 2.42. The molecule has 0 radical (unpaired) electrons. The number of primary amides is 1.